The molecule has 122 valence electrons. The molecule has 0 radical (unpaired) electrons. The van der Waals surface area contributed by atoms with Crippen molar-refractivity contribution in [3.8, 4) is 0 Å². The molecule has 0 saturated heterocycles. The number of anilines is 1. The van der Waals surface area contributed by atoms with Gasteiger partial charge >= 0.3 is 0 Å². The van der Waals surface area contributed by atoms with E-state index in [1.54, 1.807) is 11.8 Å². The Balaban J connectivity index is 1.63. The van der Waals surface area contributed by atoms with Crippen LogP contribution in [-0.4, -0.2) is 31.8 Å². The molecule has 0 spiro atoms. The standard InChI is InChI=1S/C19H24N2OS/c1-16-8-6-7-9-17(16)14-23-15-19(22)20-12-13-21(2)18-10-4-3-5-11-18/h3-11H,12-15H2,1-2H3,(H,20,22). The third kappa shape index (κ3) is 5.99. The maximum Gasteiger partial charge on any atom is 0.230 e. The number of likely N-dealkylation sites (N-methyl/N-ethyl adjacent to an activating group) is 1. The van der Waals surface area contributed by atoms with Gasteiger partial charge in [0, 0.05) is 31.6 Å². The summed E-state index contributed by atoms with van der Waals surface area (Å²) < 4.78 is 0. The first-order valence-corrected chi connectivity index (χ1v) is 8.97. The number of hydrogen-bond acceptors (Lipinski definition) is 3. The number of thioether (sulfide) groups is 1. The van der Waals surface area contributed by atoms with Crippen LogP contribution in [-0.2, 0) is 10.5 Å². The van der Waals surface area contributed by atoms with E-state index in [0.717, 1.165) is 18.0 Å². The Labute approximate surface area is 143 Å². The first kappa shape index (κ1) is 17.4. The SMILES string of the molecule is Cc1ccccc1CSCC(=O)NCCN(C)c1ccccc1. The van der Waals surface area contributed by atoms with Crippen molar-refractivity contribution in [2.24, 2.45) is 0 Å². The second-order valence-corrected chi connectivity index (χ2v) is 6.51. The van der Waals surface area contributed by atoms with Crippen molar-refractivity contribution in [3.63, 3.8) is 0 Å². The topological polar surface area (TPSA) is 32.3 Å². The summed E-state index contributed by atoms with van der Waals surface area (Å²) >= 11 is 1.66. The lowest BCUT2D eigenvalue weighted by molar-refractivity contribution is -0.118. The van der Waals surface area contributed by atoms with E-state index < -0.39 is 0 Å². The quantitative estimate of drug-likeness (QED) is 0.805. The molecule has 2 rings (SSSR count). The average Bonchev–Trinajstić information content (AvgIpc) is 2.57. The molecular formula is C19H24N2OS. The largest absolute Gasteiger partial charge is 0.373 e. The Bertz CT molecular complexity index is 616. The molecule has 0 aliphatic rings. The zero-order valence-corrected chi connectivity index (χ0v) is 14.6. The molecular weight excluding hydrogens is 304 g/mol. The Morgan fingerprint density at radius 2 is 1.78 bits per heavy atom. The van der Waals surface area contributed by atoms with E-state index in [0.29, 0.717) is 12.3 Å². The summed E-state index contributed by atoms with van der Waals surface area (Å²) in [4.78, 5) is 14.0. The van der Waals surface area contributed by atoms with Gasteiger partial charge in [-0.3, -0.25) is 4.79 Å². The molecule has 1 N–H and O–H groups in total. The maximum atomic E-state index is 11.9. The zero-order chi connectivity index (χ0) is 16.5. The summed E-state index contributed by atoms with van der Waals surface area (Å²) in [5, 5.41) is 2.98. The number of nitrogens with one attached hydrogen (secondary N) is 1. The molecule has 3 nitrogen and oxygen atoms in total. The molecule has 0 aliphatic heterocycles. The normalized spacial score (nSPS) is 10.3. The number of carbonyl (C=O) groups is 1. The summed E-state index contributed by atoms with van der Waals surface area (Å²) in [6, 6.07) is 18.5. The van der Waals surface area contributed by atoms with Crippen LogP contribution in [0.1, 0.15) is 11.1 Å². The van der Waals surface area contributed by atoms with E-state index in [-0.39, 0.29) is 5.91 Å². The predicted octanol–water partition coefficient (Wildman–Crippen LogP) is 3.48. The van der Waals surface area contributed by atoms with Gasteiger partial charge < -0.3 is 10.2 Å². The van der Waals surface area contributed by atoms with Gasteiger partial charge in [-0.25, -0.2) is 0 Å². The Morgan fingerprint density at radius 3 is 2.52 bits per heavy atom. The minimum Gasteiger partial charge on any atom is -0.373 e. The average molecular weight is 328 g/mol. The van der Waals surface area contributed by atoms with Crippen LogP contribution in [0.15, 0.2) is 54.6 Å². The number of amides is 1. The molecule has 0 heterocycles. The van der Waals surface area contributed by atoms with Crippen LogP contribution >= 0.6 is 11.8 Å². The molecule has 4 heteroatoms. The van der Waals surface area contributed by atoms with Crippen LogP contribution in [0.5, 0.6) is 0 Å². The number of benzene rings is 2. The molecule has 0 aliphatic carbocycles. The minimum absolute atomic E-state index is 0.102. The number of carbonyl (C=O) groups excluding carboxylic acids is 1. The highest BCUT2D eigenvalue weighted by atomic mass is 32.2. The second kappa shape index (κ2) is 9.26. The third-order valence-corrected chi connectivity index (χ3v) is 4.70. The fraction of sp³-hybridized carbons (Fsp3) is 0.316. The van der Waals surface area contributed by atoms with Crippen LogP contribution in [0.3, 0.4) is 0 Å². The van der Waals surface area contributed by atoms with Gasteiger partial charge in [-0.05, 0) is 30.2 Å². The van der Waals surface area contributed by atoms with Crippen LogP contribution in [0.2, 0.25) is 0 Å². The Morgan fingerprint density at radius 1 is 1.09 bits per heavy atom. The van der Waals surface area contributed by atoms with Crippen LogP contribution in [0.4, 0.5) is 5.69 Å². The predicted molar refractivity (Wildman–Crippen MR) is 100 cm³/mol. The van der Waals surface area contributed by atoms with Crippen molar-refractivity contribution in [2.45, 2.75) is 12.7 Å². The number of nitrogens with zero attached hydrogens (tertiary/aromatic N) is 1. The second-order valence-electron chi connectivity index (χ2n) is 5.53. The Hall–Kier alpha value is -1.94. The van der Waals surface area contributed by atoms with Gasteiger partial charge in [-0.1, -0.05) is 42.5 Å². The van der Waals surface area contributed by atoms with Gasteiger partial charge in [0.25, 0.3) is 0 Å². The highest BCUT2D eigenvalue weighted by Gasteiger charge is 2.04. The number of hydrogen-bond donors (Lipinski definition) is 1. The number of para-hydroxylation sites is 1. The molecule has 0 saturated carbocycles. The highest BCUT2D eigenvalue weighted by Crippen LogP contribution is 2.15. The fourth-order valence-corrected chi connectivity index (χ4v) is 3.18. The summed E-state index contributed by atoms with van der Waals surface area (Å²) in [5.74, 6) is 1.48. The summed E-state index contributed by atoms with van der Waals surface area (Å²) in [6.45, 7) is 3.57. The molecule has 2 aromatic rings. The molecule has 0 aromatic heterocycles. The zero-order valence-electron chi connectivity index (χ0n) is 13.8. The molecule has 0 fully saturated rings. The number of aryl methyl sites for hydroxylation is 1. The summed E-state index contributed by atoms with van der Waals surface area (Å²) in [7, 11) is 2.04. The van der Waals surface area contributed by atoms with Crippen LogP contribution in [0.25, 0.3) is 0 Å². The van der Waals surface area contributed by atoms with E-state index in [1.807, 2.05) is 37.4 Å². The monoisotopic (exact) mass is 328 g/mol. The molecule has 0 atom stereocenters. The van der Waals surface area contributed by atoms with Gasteiger partial charge in [0.1, 0.15) is 0 Å². The van der Waals surface area contributed by atoms with E-state index in [2.05, 4.69) is 41.4 Å². The van der Waals surface area contributed by atoms with Crippen molar-refractivity contribution >= 4 is 23.4 Å². The van der Waals surface area contributed by atoms with E-state index in [4.69, 9.17) is 0 Å². The van der Waals surface area contributed by atoms with Gasteiger partial charge in [0.2, 0.25) is 5.91 Å². The maximum absolute atomic E-state index is 11.9. The summed E-state index contributed by atoms with van der Waals surface area (Å²) in [5.41, 5.74) is 3.75. The molecule has 1 amide bonds. The lowest BCUT2D eigenvalue weighted by Gasteiger charge is -2.19. The van der Waals surface area contributed by atoms with Gasteiger partial charge in [0.05, 0.1) is 5.75 Å². The minimum atomic E-state index is 0.102. The van der Waals surface area contributed by atoms with E-state index >= 15 is 0 Å². The number of rotatable bonds is 8. The lowest BCUT2D eigenvalue weighted by Crippen LogP contribution is -2.33. The smallest absolute Gasteiger partial charge is 0.230 e. The fourth-order valence-electron chi connectivity index (χ4n) is 2.25. The van der Waals surface area contributed by atoms with Gasteiger partial charge in [-0.2, -0.15) is 0 Å². The van der Waals surface area contributed by atoms with Crippen molar-refractivity contribution in [3.05, 3.63) is 65.7 Å². The van der Waals surface area contributed by atoms with Crippen LogP contribution < -0.4 is 10.2 Å². The van der Waals surface area contributed by atoms with Crippen LogP contribution in [0, 0.1) is 6.92 Å². The van der Waals surface area contributed by atoms with Crippen molar-refractivity contribution in [1.82, 2.24) is 5.32 Å². The van der Waals surface area contributed by atoms with E-state index in [9.17, 15) is 4.79 Å². The van der Waals surface area contributed by atoms with Gasteiger partial charge in [0.15, 0.2) is 0 Å². The van der Waals surface area contributed by atoms with E-state index in [1.165, 1.54) is 11.1 Å². The van der Waals surface area contributed by atoms with Crippen molar-refractivity contribution in [2.75, 3.05) is 30.8 Å². The lowest BCUT2D eigenvalue weighted by atomic mass is 10.1. The Kier molecular flexibility index (Phi) is 7.01. The van der Waals surface area contributed by atoms with Crippen molar-refractivity contribution < 1.29 is 4.79 Å². The highest BCUT2D eigenvalue weighted by molar-refractivity contribution is 7.99. The first-order valence-electron chi connectivity index (χ1n) is 7.82. The summed E-state index contributed by atoms with van der Waals surface area (Å²) in [6.07, 6.45) is 0. The van der Waals surface area contributed by atoms with Gasteiger partial charge in [-0.15, -0.1) is 11.8 Å². The molecule has 0 unspecified atom stereocenters. The van der Waals surface area contributed by atoms with Crippen molar-refractivity contribution in [1.29, 1.82) is 0 Å². The third-order valence-electron chi connectivity index (χ3n) is 3.72. The molecule has 23 heavy (non-hydrogen) atoms. The first-order chi connectivity index (χ1) is 11.2. The molecule has 2 aromatic carbocycles. The molecule has 0 bridgehead atoms.